The number of aryl methyl sites for hydroxylation is 2. The Kier molecular flexibility index (Phi) is 15.1. The Bertz CT molecular complexity index is 1340. The van der Waals surface area contributed by atoms with Gasteiger partial charge in [-0.25, -0.2) is 22.6 Å². The SMILES string of the molecule is C.C.Cc1cc(F)c(N)cc1SCC(F)(F)F.Cc1cc(F)c(N=C(N)C2(F)CC2)cc1SCC(F)(F)F.NC(=O)C1(F)CC1. The van der Waals surface area contributed by atoms with Crippen LogP contribution in [0.2, 0.25) is 0 Å². The van der Waals surface area contributed by atoms with E-state index in [1.807, 2.05) is 0 Å². The number of halogens is 10. The molecule has 0 unspecified atom stereocenters. The van der Waals surface area contributed by atoms with Gasteiger partial charge in [-0.15, -0.1) is 23.5 Å². The van der Waals surface area contributed by atoms with Gasteiger partial charge in [0, 0.05) is 9.79 Å². The number of carbonyl (C=O) groups excluding carboxylic acids is 1. The first kappa shape index (κ1) is 42.2. The summed E-state index contributed by atoms with van der Waals surface area (Å²) >= 11 is 1.14. The number of thioether (sulfide) groups is 2. The van der Waals surface area contributed by atoms with E-state index in [0.29, 0.717) is 52.4 Å². The first-order valence-electron chi connectivity index (χ1n) is 12.3. The van der Waals surface area contributed by atoms with Crippen molar-refractivity contribution in [2.24, 2.45) is 16.5 Å². The minimum Gasteiger partial charge on any atom is -0.396 e. The highest BCUT2D eigenvalue weighted by atomic mass is 32.2. The topological polar surface area (TPSA) is 107 Å². The average molecular weight is 699 g/mol. The van der Waals surface area contributed by atoms with Crippen molar-refractivity contribution in [3.63, 3.8) is 0 Å². The smallest absolute Gasteiger partial charge is 0.396 e. The van der Waals surface area contributed by atoms with Gasteiger partial charge in [0.25, 0.3) is 5.91 Å². The average Bonchev–Trinajstić information content (AvgIpc) is 3.80. The maximum atomic E-state index is 13.8. The number of benzene rings is 2. The number of hydrogen-bond acceptors (Lipinski definition) is 5. The van der Waals surface area contributed by atoms with Gasteiger partial charge in [-0.05, 0) is 74.9 Å². The van der Waals surface area contributed by atoms with Crippen LogP contribution >= 0.6 is 23.5 Å². The molecule has 256 valence electrons. The standard InChI is InChI=1S/C13H13F5N2S.C9H9F4NS.C4H6FNO.2CH4/c1-7-4-8(14)9(20-11(19)12(15)2-3-12)5-10(7)21-6-13(16,17)18;1-5-2-6(10)7(14)3-8(5)15-4-9(11,12)13;5-4(1-2-4)3(6)7;;/h4-5H,2-3,6H2,1H3,(H2,19,20);2-3H,4,14H2,1H3;1-2H2,(H2,6,7);2*1H4. The number of primary amides is 1. The Morgan fingerprint density at radius 3 is 1.53 bits per heavy atom. The largest absolute Gasteiger partial charge is 0.398 e. The fourth-order valence-electron chi connectivity index (χ4n) is 2.98. The second-order valence-electron chi connectivity index (χ2n) is 9.81. The Balaban J connectivity index is 0.000000704. The molecule has 2 saturated carbocycles. The summed E-state index contributed by atoms with van der Waals surface area (Å²) in [7, 11) is 0. The molecule has 2 fully saturated rings. The fourth-order valence-corrected chi connectivity index (χ4v) is 4.60. The van der Waals surface area contributed by atoms with Gasteiger partial charge >= 0.3 is 12.4 Å². The molecule has 0 atom stereocenters. The van der Waals surface area contributed by atoms with Gasteiger partial charge in [0.2, 0.25) is 0 Å². The number of hydrogen-bond donors (Lipinski definition) is 3. The van der Waals surface area contributed by atoms with Gasteiger partial charge in [0.15, 0.2) is 11.3 Å². The molecule has 2 aliphatic carbocycles. The molecular formula is C28H36F10N4OS2. The minimum atomic E-state index is -4.33. The number of amidine groups is 1. The highest BCUT2D eigenvalue weighted by Gasteiger charge is 2.49. The van der Waals surface area contributed by atoms with Gasteiger partial charge in [0.05, 0.1) is 17.2 Å². The van der Waals surface area contributed by atoms with E-state index in [2.05, 4.69) is 10.7 Å². The molecule has 0 saturated heterocycles. The number of aliphatic imine (C=N–C) groups is 1. The van der Waals surface area contributed by atoms with E-state index < -0.39 is 52.7 Å². The second-order valence-corrected chi connectivity index (χ2v) is 11.8. The predicted molar refractivity (Wildman–Crippen MR) is 160 cm³/mol. The number of rotatable bonds is 7. The maximum absolute atomic E-state index is 13.8. The molecular weight excluding hydrogens is 662 g/mol. The van der Waals surface area contributed by atoms with E-state index in [1.54, 1.807) is 6.92 Å². The summed E-state index contributed by atoms with van der Waals surface area (Å²) in [5.74, 6) is -4.59. The van der Waals surface area contributed by atoms with Crippen molar-refractivity contribution < 1.29 is 48.7 Å². The van der Waals surface area contributed by atoms with Crippen molar-refractivity contribution in [2.75, 3.05) is 17.2 Å². The lowest BCUT2D eigenvalue weighted by atomic mass is 10.2. The molecule has 45 heavy (non-hydrogen) atoms. The zero-order valence-corrected chi connectivity index (χ0v) is 24.4. The van der Waals surface area contributed by atoms with Crippen LogP contribution in [-0.4, -0.2) is 46.9 Å². The van der Waals surface area contributed by atoms with Crippen molar-refractivity contribution in [3.05, 3.63) is 47.0 Å². The quantitative estimate of drug-likeness (QED) is 0.0881. The lowest BCUT2D eigenvalue weighted by Gasteiger charge is -2.11. The number of nitrogens with zero attached hydrogens (tertiary/aromatic N) is 1. The lowest BCUT2D eigenvalue weighted by molar-refractivity contribution is -0.124. The third kappa shape index (κ3) is 14.0. The first-order valence-corrected chi connectivity index (χ1v) is 14.3. The summed E-state index contributed by atoms with van der Waals surface area (Å²) in [4.78, 5) is 14.2. The van der Waals surface area contributed by atoms with Gasteiger partial charge < -0.3 is 17.2 Å². The monoisotopic (exact) mass is 698 g/mol. The molecule has 0 aliphatic heterocycles. The molecule has 0 bridgehead atoms. The van der Waals surface area contributed by atoms with Crippen LogP contribution < -0.4 is 17.2 Å². The number of carbonyl (C=O) groups is 1. The predicted octanol–water partition coefficient (Wildman–Crippen LogP) is 8.90. The molecule has 2 aromatic carbocycles. The summed E-state index contributed by atoms with van der Waals surface area (Å²) in [6.45, 7) is 3.04. The molecule has 17 heteroatoms. The van der Waals surface area contributed by atoms with E-state index >= 15 is 0 Å². The highest BCUT2D eigenvalue weighted by molar-refractivity contribution is 7.99. The Morgan fingerprint density at radius 2 is 1.18 bits per heavy atom. The molecule has 0 spiro atoms. The van der Waals surface area contributed by atoms with Crippen LogP contribution in [0.25, 0.3) is 0 Å². The van der Waals surface area contributed by atoms with Crippen molar-refractivity contribution in [2.45, 2.75) is 87.9 Å². The summed E-state index contributed by atoms with van der Waals surface area (Å²) in [5.41, 5.74) is 12.5. The second kappa shape index (κ2) is 16.1. The zero-order valence-electron chi connectivity index (χ0n) is 22.7. The molecule has 2 aromatic rings. The van der Waals surface area contributed by atoms with Crippen LogP contribution in [0, 0.1) is 25.5 Å². The van der Waals surface area contributed by atoms with Gasteiger partial charge in [-0.2, -0.15) is 26.3 Å². The van der Waals surface area contributed by atoms with Crippen LogP contribution in [0.1, 0.15) is 51.7 Å². The van der Waals surface area contributed by atoms with Crippen LogP contribution in [-0.2, 0) is 4.79 Å². The summed E-state index contributed by atoms with van der Waals surface area (Å²) in [6.07, 6.45) is -7.47. The summed E-state index contributed by atoms with van der Waals surface area (Å²) < 4.78 is 125. The maximum Gasteiger partial charge on any atom is 0.398 e. The lowest BCUT2D eigenvalue weighted by Crippen LogP contribution is -2.26. The normalized spacial score (nSPS) is 16.0. The molecule has 2 aliphatic rings. The van der Waals surface area contributed by atoms with Gasteiger partial charge in [-0.3, -0.25) is 4.79 Å². The molecule has 5 nitrogen and oxygen atoms in total. The van der Waals surface area contributed by atoms with Crippen LogP contribution in [0.3, 0.4) is 0 Å². The number of alkyl halides is 8. The van der Waals surface area contributed by atoms with Gasteiger partial charge in [-0.1, -0.05) is 14.9 Å². The fraction of sp³-hybridized carbons (Fsp3) is 0.500. The van der Waals surface area contributed by atoms with Crippen LogP contribution in [0.5, 0.6) is 0 Å². The Labute approximate surface area is 263 Å². The Hall–Kier alpha value is -2.82. The van der Waals surface area contributed by atoms with Crippen molar-refractivity contribution >= 4 is 46.6 Å². The summed E-state index contributed by atoms with van der Waals surface area (Å²) in [6, 6.07) is 4.59. The number of nitrogens with two attached hydrogens (primary N) is 3. The van der Waals surface area contributed by atoms with Crippen molar-refractivity contribution in [1.29, 1.82) is 0 Å². The number of nitrogen functional groups attached to an aromatic ring is 1. The van der Waals surface area contributed by atoms with Crippen molar-refractivity contribution in [3.8, 4) is 0 Å². The molecule has 4 rings (SSSR count). The minimum absolute atomic E-state index is 0. The van der Waals surface area contributed by atoms with Crippen LogP contribution in [0.4, 0.5) is 55.3 Å². The molecule has 1 amide bonds. The van der Waals surface area contributed by atoms with E-state index in [9.17, 15) is 48.7 Å². The van der Waals surface area contributed by atoms with Crippen molar-refractivity contribution in [1.82, 2.24) is 0 Å². The molecule has 0 aromatic heterocycles. The number of amides is 1. The zero-order chi connectivity index (χ0) is 33.0. The van der Waals surface area contributed by atoms with E-state index in [1.165, 1.54) is 19.1 Å². The van der Waals surface area contributed by atoms with E-state index in [-0.39, 0.29) is 49.8 Å². The molecule has 0 heterocycles. The highest BCUT2D eigenvalue weighted by Crippen LogP contribution is 2.41. The van der Waals surface area contributed by atoms with Crippen LogP contribution in [0.15, 0.2) is 39.0 Å². The third-order valence-electron chi connectivity index (χ3n) is 5.84. The molecule has 0 radical (unpaired) electrons. The number of anilines is 1. The summed E-state index contributed by atoms with van der Waals surface area (Å²) in [5, 5.41) is 0. The van der Waals surface area contributed by atoms with E-state index in [0.717, 1.165) is 12.1 Å². The first-order chi connectivity index (χ1) is 19.5. The third-order valence-corrected chi connectivity index (χ3v) is 8.29. The van der Waals surface area contributed by atoms with Gasteiger partial charge in [0.1, 0.15) is 23.2 Å². The Morgan fingerprint density at radius 1 is 0.778 bits per heavy atom. The molecule has 6 N–H and O–H groups in total. The van der Waals surface area contributed by atoms with E-state index in [4.69, 9.17) is 11.5 Å².